The van der Waals surface area contributed by atoms with Crippen LogP contribution in [-0.4, -0.2) is 57.8 Å². The molecule has 0 saturated carbocycles. The summed E-state index contributed by atoms with van der Waals surface area (Å²) in [6.07, 6.45) is 3.45. The van der Waals surface area contributed by atoms with Gasteiger partial charge in [0.1, 0.15) is 5.75 Å². The molecule has 2 aromatic carbocycles. The zero-order valence-corrected chi connectivity index (χ0v) is 18.8. The normalized spacial score (nSPS) is 14.2. The third kappa shape index (κ3) is 5.94. The van der Waals surface area contributed by atoms with Crippen molar-refractivity contribution < 1.29 is 19.0 Å². The van der Waals surface area contributed by atoms with E-state index in [-0.39, 0.29) is 5.91 Å². The average Bonchev–Trinajstić information content (AvgIpc) is 2.81. The Morgan fingerprint density at radius 2 is 1.68 bits per heavy atom. The summed E-state index contributed by atoms with van der Waals surface area (Å²) in [7, 11) is 3.30. The zero-order valence-electron chi connectivity index (χ0n) is 18.8. The van der Waals surface area contributed by atoms with Gasteiger partial charge < -0.3 is 24.0 Å². The third-order valence-corrected chi connectivity index (χ3v) is 5.20. The second-order valence-corrected chi connectivity index (χ2v) is 7.93. The molecule has 6 nitrogen and oxygen atoms in total. The molecular formula is C25H32N2O4. The molecule has 2 aromatic rings. The lowest BCUT2D eigenvalue weighted by molar-refractivity contribution is -0.126. The summed E-state index contributed by atoms with van der Waals surface area (Å²) in [5.74, 6) is 2.69. The number of nitrogens with zero attached hydrogens (tertiary/aromatic N) is 2. The van der Waals surface area contributed by atoms with Gasteiger partial charge in [-0.25, -0.2) is 0 Å². The first kappa shape index (κ1) is 22.5. The number of para-hydroxylation sites is 2. The standard InChI is InChI=1S/C25H32N2O4/c1-19(2)18-31-23-11-9-20(17-24(23)30-4)10-12-25(28)27-15-13-26(14-16-27)21-7-5-6-8-22(21)29-3/h5-12,17,19H,13-16,18H2,1-4H3/b12-10+. The third-order valence-electron chi connectivity index (χ3n) is 5.20. The summed E-state index contributed by atoms with van der Waals surface area (Å²) in [6, 6.07) is 13.7. The van der Waals surface area contributed by atoms with Gasteiger partial charge in [-0.3, -0.25) is 4.79 Å². The van der Waals surface area contributed by atoms with Crippen molar-refractivity contribution in [2.75, 3.05) is 51.9 Å². The summed E-state index contributed by atoms with van der Waals surface area (Å²) in [5, 5.41) is 0. The van der Waals surface area contributed by atoms with Crippen molar-refractivity contribution in [1.29, 1.82) is 0 Å². The van der Waals surface area contributed by atoms with Crippen molar-refractivity contribution in [3.8, 4) is 17.2 Å². The van der Waals surface area contributed by atoms with E-state index in [9.17, 15) is 4.79 Å². The smallest absolute Gasteiger partial charge is 0.246 e. The van der Waals surface area contributed by atoms with Crippen LogP contribution in [0.4, 0.5) is 5.69 Å². The second kappa shape index (κ2) is 10.8. The average molecular weight is 425 g/mol. The Bertz CT molecular complexity index is 902. The largest absolute Gasteiger partial charge is 0.495 e. The minimum Gasteiger partial charge on any atom is -0.495 e. The molecule has 1 fully saturated rings. The number of hydrogen-bond donors (Lipinski definition) is 0. The van der Waals surface area contributed by atoms with E-state index in [0.29, 0.717) is 37.1 Å². The van der Waals surface area contributed by atoms with Crippen LogP contribution in [0, 0.1) is 5.92 Å². The van der Waals surface area contributed by atoms with Gasteiger partial charge in [0.2, 0.25) is 5.91 Å². The zero-order chi connectivity index (χ0) is 22.2. The highest BCUT2D eigenvalue weighted by molar-refractivity contribution is 5.92. The molecule has 31 heavy (non-hydrogen) atoms. The van der Waals surface area contributed by atoms with Crippen LogP contribution in [0.25, 0.3) is 6.08 Å². The van der Waals surface area contributed by atoms with Crippen molar-refractivity contribution >= 4 is 17.7 Å². The van der Waals surface area contributed by atoms with Gasteiger partial charge in [-0.2, -0.15) is 0 Å². The van der Waals surface area contributed by atoms with E-state index in [0.717, 1.165) is 30.1 Å². The highest BCUT2D eigenvalue weighted by atomic mass is 16.5. The van der Waals surface area contributed by atoms with Crippen molar-refractivity contribution in [3.63, 3.8) is 0 Å². The summed E-state index contributed by atoms with van der Waals surface area (Å²) in [5.41, 5.74) is 1.97. The number of amides is 1. The van der Waals surface area contributed by atoms with Gasteiger partial charge in [0.15, 0.2) is 11.5 Å². The van der Waals surface area contributed by atoms with Gasteiger partial charge >= 0.3 is 0 Å². The van der Waals surface area contributed by atoms with Crippen LogP contribution >= 0.6 is 0 Å². The molecule has 0 aliphatic carbocycles. The number of piperazine rings is 1. The molecule has 0 spiro atoms. The summed E-state index contributed by atoms with van der Waals surface area (Å²) in [6.45, 7) is 7.73. The molecule has 166 valence electrons. The minimum atomic E-state index is 0.0128. The van der Waals surface area contributed by atoms with Gasteiger partial charge in [0.25, 0.3) is 0 Å². The van der Waals surface area contributed by atoms with Crippen LogP contribution in [0.1, 0.15) is 19.4 Å². The Labute approximate surface area is 185 Å². The molecule has 1 aliphatic rings. The van der Waals surface area contributed by atoms with Gasteiger partial charge in [0, 0.05) is 32.3 Å². The lowest BCUT2D eigenvalue weighted by Gasteiger charge is -2.36. The van der Waals surface area contributed by atoms with Gasteiger partial charge in [-0.1, -0.05) is 32.0 Å². The molecule has 1 saturated heterocycles. The number of anilines is 1. The molecule has 0 bridgehead atoms. The molecule has 6 heteroatoms. The van der Waals surface area contributed by atoms with Gasteiger partial charge in [-0.15, -0.1) is 0 Å². The summed E-state index contributed by atoms with van der Waals surface area (Å²) < 4.78 is 16.7. The lowest BCUT2D eigenvalue weighted by atomic mass is 10.1. The predicted octanol–water partition coefficient (Wildman–Crippen LogP) is 4.10. The van der Waals surface area contributed by atoms with Crippen LogP contribution in [0.3, 0.4) is 0 Å². The Morgan fingerprint density at radius 1 is 0.968 bits per heavy atom. The van der Waals surface area contributed by atoms with E-state index in [1.165, 1.54) is 0 Å². The van der Waals surface area contributed by atoms with Crippen LogP contribution in [0.2, 0.25) is 0 Å². The lowest BCUT2D eigenvalue weighted by Crippen LogP contribution is -2.48. The van der Waals surface area contributed by atoms with Crippen LogP contribution in [0.5, 0.6) is 17.2 Å². The monoisotopic (exact) mass is 424 g/mol. The molecule has 0 aromatic heterocycles. The molecule has 0 N–H and O–H groups in total. The Kier molecular flexibility index (Phi) is 7.82. The Hall–Kier alpha value is -3.15. The fourth-order valence-electron chi connectivity index (χ4n) is 3.50. The topological polar surface area (TPSA) is 51.2 Å². The molecule has 1 aliphatic heterocycles. The Balaban J connectivity index is 1.58. The van der Waals surface area contributed by atoms with E-state index in [1.54, 1.807) is 20.3 Å². The van der Waals surface area contributed by atoms with E-state index < -0.39 is 0 Å². The quantitative estimate of drug-likeness (QED) is 0.597. The SMILES string of the molecule is COc1cc(/C=C/C(=O)N2CCN(c3ccccc3OC)CC2)ccc1OCC(C)C. The molecule has 1 heterocycles. The number of benzene rings is 2. The van der Waals surface area contributed by atoms with E-state index >= 15 is 0 Å². The Morgan fingerprint density at radius 3 is 2.35 bits per heavy atom. The van der Waals surface area contributed by atoms with Crippen LogP contribution in [-0.2, 0) is 4.79 Å². The summed E-state index contributed by atoms with van der Waals surface area (Å²) in [4.78, 5) is 16.8. The number of rotatable bonds is 8. The molecule has 0 radical (unpaired) electrons. The highest BCUT2D eigenvalue weighted by Crippen LogP contribution is 2.30. The molecule has 3 rings (SSSR count). The van der Waals surface area contributed by atoms with Crippen molar-refractivity contribution in [1.82, 2.24) is 4.90 Å². The molecule has 0 atom stereocenters. The van der Waals surface area contributed by atoms with Crippen molar-refractivity contribution in [3.05, 3.63) is 54.1 Å². The minimum absolute atomic E-state index is 0.0128. The fourth-order valence-corrected chi connectivity index (χ4v) is 3.50. The van der Waals surface area contributed by atoms with Crippen LogP contribution < -0.4 is 19.1 Å². The van der Waals surface area contributed by atoms with E-state index in [1.807, 2.05) is 47.4 Å². The highest BCUT2D eigenvalue weighted by Gasteiger charge is 2.21. The van der Waals surface area contributed by atoms with E-state index in [2.05, 4.69) is 24.8 Å². The first-order valence-electron chi connectivity index (χ1n) is 10.7. The van der Waals surface area contributed by atoms with Crippen molar-refractivity contribution in [2.24, 2.45) is 5.92 Å². The first-order valence-corrected chi connectivity index (χ1v) is 10.7. The predicted molar refractivity (Wildman–Crippen MR) is 124 cm³/mol. The fraction of sp³-hybridized carbons (Fsp3) is 0.400. The number of carbonyl (C=O) groups is 1. The maximum Gasteiger partial charge on any atom is 0.246 e. The van der Waals surface area contributed by atoms with E-state index in [4.69, 9.17) is 14.2 Å². The van der Waals surface area contributed by atoms with Crippen LogP contribution in [0.15, 0.2) is 48.5 Å². The number of ether oxygens (including phenoxy) is 3. The maximum absolute atomic E-state index is 12.7. The number of hydrogen-bond acceptors (Lipinski definition) is 5. The molecule has 0 unspecified atom stereocenters. The van der Waals surface area contributed by atoms with Crippen molar-refractivity contribution in [2.45, 2.75) is 13.8 Å². The second-order valence-electron chi connectivity index (χ2n) is 7.93. The van der Waals surface area contributed by atoms with Gasteiger partial charge in [-0.05, 0) is 41.8 Å². The maximum atomic E-state index is 12.7. The summed E-state index contributed by atoms with van der Waals surface area (Å²) >= 11 is 0. The molecular weight excluding hydrogens is 392 g/mol. The number of carbonyl (C=O) groups excluding carboxylic acids is 1. The molecule has 1 amide bonds. The first-order chi connectivity index (χ1) is 15.0. The van der Waals surface area contributed by atoms with Gasteiger partial charge in [0.05, 0.1) is 26.5 Å². The number of methoxy groups -OCH3 is 2.